The van der Waals surface area contributed by atoms with E-state index in [1.54, 1.807) is 0 Å². The van der Waals surface area contributed by atoms with Crippen molar-refractivity contribution in [1.82, 2.24) is 9.96 Å². The molecule has 0 saturated carbocycles. The van der Waals surface area contributed by atoms with Gasteiger partial charge in [0.05, 0.1) is 19.8 Å². The van der Waals surface area contributed by atoms with Crippen LogP contribution in [-0.2, 0) is 22.5 Å². The normalized spacial score (nSPS) is 18.7. The molecule has 1 fully saturated rings. The largest absolute Gasteiger partial charge is 0.409 e. The van der Waals surface area contributed by atoms with Crippen molar-refractivity contribution in [2.75, 3.05) is 39.4 Å². The Labute approximate surface area is 162 Å². The van der Waals surface area contributed by atoms with Gasteiger partial charge < -0.3 is 9.57 Å². The van der Waals surface area contributed by atoms with E-state index >= 15 is 0 Å². The van der Waals surface area contributed by atoms with Crippen LogP contribution in [0.25, 0.3) is 5.57 Å². The Bertz CT molecular complexity index is 765. The summed E-state index contributed by atoms with van der Waals surface area (Å²) in [5.74, 6) is 1.07. The number of ether oxygens (including phenoxy) is 1. The minimum atomic E-state index is 0.836. The maximum Gasteiger partial charge on any atom is 0.134 e. The summed E-state index contributed by atoms with van der Waals surface area (Å²) < 4.78 is 5.44. The average molecular weight is 364 g/mol. The molecular weight excluding hydrogens is 336 g/mol. The summed E-state index contributed by atoms with van der Waals surface area (Å²) in [6.07, 6.45) is 0.836. The van der Waals surface area contributed by atoms with Crippen LogP contribution in [0.3, 0.4) is 0 Å². The lowest BCUT2D eigenvalue weighted by Gasteiger charge is -2.26. The number of hydroxylamine groups is 2. The van der Waals surface area contributed by atoms with Crippen molar-refractivity contribution in [2.24, 2.45) is 0 Å². The topological polar surface area (TPSA) is 24.9 Å². The van der Waals surface area contributed by atoms with Gasteiger partial charge in [-0.1, -0.05) is 54.6 Å². The zero-order valence-electron chi connectivity index (χ0n) is 16.1. The molecule has 0 unspecified atom stereocenters. The molecule has 0 aromatic heterocycles. The molecule has 0 amide bonds. The molecule has 4 rings (SSSR count). The second kappa shape index (κ2) is 8.70. The van der Waals surface area contributed by atoms with E-state index in [4.69, 9.17) is 9.57 Å². The van der Waals surface area contributed by atoms with E-state index in [1.165, 1.54) is 22.3 Å². The lowest BCUT2D eigenvalue weighted by molar-refractivity contribution is -0.0880. The minimum absolute atomic E-state index is 0.836. The number of allylic oxidation sites excluding steroid dienone is 1. The van der Waals surface area contributed by atoms with Gasteiger partial charge in [-0.05, 0) is 23.6 Å². The van der Waals surface area contributed by atoms with Crippen molar-refractivity contribution >= 4 is 5.57 Å². The molecule has 1 saturated heterocycles. The van der Waals surface area contributed by atoms with Gasteiger partial charge in [0, 0.05) is 38.2 Å². The first kappa shape index (κ1) is 18.2. The van der Waals surface area contributed by atoms with Crippen molar-refractivity contribution < 1.29 is 9.57 Å². The molecular formula is C23H28N2O2. The Kier molecular flexibility index (Phi) is 5.87. The maximum atomic E-state index is 6.12. The highest BCUT2D eigenvalue weighted by Crippen LogP contribution is 2.30. The molecule has 2 aliphatic rings. The maximum absolute atomic E-state index is 6.12. The number of rotatable bonds is 6. The van der Waals surface area contributed by atoms with Gasteiger partial charge in [0.1, 0.15) is 5.76 Å². The minimum Gasteiger partial charge on any atom is -0.409 e. The third kappa shape index (κ3) is 4.59. The first-order chi connectivity index (χ1) is 13.3. The van der Waals surface area contributed by atoms with Gasteiger partial charge in [-0.15, -0.1) is 5.06 Å². The molecule has 0 radical (unpaired) electrons. The molecule has 2 aromatic carbocycles. The highest BCUT2D eigenvalue weighted by Gasteiger charge is 2.24. The van der Waals surface area contributed by atoms with Crippen molar-refractivity contribution in [3.05, 3.63) is 77.0 Å². The average Bonchev–Trinajstić information content (AvgIpc) is 3.13. The van der Waals surface area contributed by atoms with Crippen molar-refractivity contribution in [2.45, 2.75) is 19.9 Å². The Hall–Kier alpha value is -2.14. The molecule has 2 aromatic rings. The molecule has 0 bridgehead atoms. The van der Waals surface area contributed by atoms with E-state index in [1.807, 2.05) is 5.06 Å². The van der Waals surface area contributed by atoms with E-state index in [-0.39, 0.29) is 0 Å². The molecule has 0 atom stereocenters. The summed E-state index contributed by atoms with van der Waals surface area (Å²) in [4.78, 5) is 8.58. The summed E-state index contributed by atoms with van der Waals surface area (Å²) in [6.45, 7) is 8.60. The second-order valence-corrected chi connectivity index (χ2v) is 7.20. The zero-order chi connectivity index (χ0) is 18.5. The molecule has 27 heavy (non-hydrogen) atoms. The Balaban J connectivity index is 1.50. The van der Waals surface area contributed by atoms with Crippen LogP contribution in [0.1, 0.15) is 23.6 Å². The number of morpholine rings is 1. The van der Waals surface area contributed by atoms with Crippen molar-refractivity contribution in [1.29, 1.82) is 0 Å². The lowest BCUT2D eigenvalue weighted by atomic mass is 10.00. The van der Waals surface area contributed by atoms with Gasteiger partial charge in [-0.3, -0.25) is 4.90 Å². The van der Waals surface area contributed by atoms with E-state index in [2.05, 4.69) is 66.4 Å². The molecule has 142 valence electrons. The molecule has 0 aliphatic carbocycles. The van der Waals surface area contributed by atoms with Gasteiger partial charge in [-0.25, -0.2) is 0 Å². The second-order valence-electron chi connectivity index (χ2n) is 7.20. The van der Waals surface area contributed by atoms with Gasteiger partial charge >= 0.3 is 0 Å². The van der Waals surface area contributed by atoms with E-state index < -0.39 is 0 Å². The predicted molar refractivity (Wildman–Crippen MR) is 108 cm³/mol. The van der Waals surface area contributed by atoms with Gasteiger partial charge in [0.2, 0.25) is 0 Å². The van der Waals surface area contributed by atoms with Crippen LogP contribution in [-0.4, -0.2) is 49.4 Å². The van der Waals surface area contributed by atoms with Crippen molar-refractivity contribution in [3.8, 4) is 0 Å². The first-order valence-corrected chi connectivity index (χ1v) is 9.90. The van der Waals surface area contributed by atoms with E-state index in [9.17, 15) is 0 Å². The van der Waals surface area contributed by atoms with Crippen LogP contribution in [0.5, 0.6) is 0 Å². The third-order valence-electron chi connectivity index (χ3n) is 5.28. The molecule has 0 N–H and O–H groups in total. The molecule has 4 heteroatoms. The van der Waals surface area contributed by atoms with Gasteiger partial charge in [-0.2, -0.15) is 0 Å². The van der Waals surface area contributed by atoms with Crippen LogP contribution >= 0.6 is 0 Å². The zero-order valence-corrected chi connectivity index (χ0v) is 16.1. The Morgan fingerprint density at radius 3 is 2.33 bits per heavy atom. The van der Waals surface area contributed by atoms with Crippen LogP contribution in [0.15, 0.2) is 60.4 Å². The van der Waals surface area contributed by atoms with E-state index in [0.29, 0.717) is 0 Å². The summed E-state index contributed by atoms with van der Waals surface area (Å²) >= 11 is 0. The van der Waals surface area contributed by atoms with Gasteiger partial charge in [0.15, 0.2) is 0 Å². The lowest BCUT2D eigenvalue weighted by Crippen LogP contribution is -2.35. The third-order valence-corrected chi connectivity index (χ3v) is 5.28. The highest BCUT2D eigenvalue weighted by atomic mass is 16.7. The van der Waals surface area contributed by atoms with Gasteiger partial charge in [0.25, 0.3) is 0 Å². The fraction of sp³-hybridized carbons (Fsp3) is 0.391. The smallest absolute Gasteiger partial charge is 0.134 e. The number of benzene rings is 2. The number of hydrogen-bond donors (Lipinski definition) is 0. The fourth-order valence-corrected chi connectivity index (χ4v) is 3.69. The molecule has 0 spiro atoms. The Morgan fingerprint density at radius 2 is 1.63 bits per heavy atom. The summed E-state index contributed by atoms with van der Waals surface area (Å²) in [5, 5.41) is 2.04. The molecule has 4 nitrogen and oxygen atoms in total. The van der Waals surface area contributed by atoms with Crippen LogP contribution < -0.4 is 0 Å². The monoisotopic (exact) mass is 364 g/mol. The standard InChI is InChI=1S/C23H28N2O2/c1-2-25-18-22(23(27-25)16-19-6-4-3-5-7-19)21-10-8-20(9-11-21)17-24-12-14-26-15-13-24/h3-11H,2,12-18H2,1H3. The summed E-state index contributed by atoms with van der Waals surface area (Å²) in [5.41, 5.74) is 5.21. The highest BCUT2D eigenvalue weighted by molar-refractivity contribution is 5.70. The SMILES string of the molecule is CCN1CC(c2ccc(CN3CCOCC3)cc2)=C(Cc2ccccc2)O1. The van der Waals surface area contributed by atoms with Crippen LogP contribution in [0.2, 0.25) is 0 Å². The summed E-state index contributed by atoms with van der Waals surface area (Å²) in [6, 6.07) is 19.6. The first-order valence-electron chi connectivity index (χ1n) is 9.90. The Morgan fingerprint density at radius 1 is 0.889 bits per heavy atom. The number of likely N-dealkylation sites (N-methyl/N-ethyl adjacent to an activating group) is 1. The number of nitrogens with zero attached hydrogens (tertiary/aromatic N) is 2. The van der Waals surface area contributed by atoms with Crippen LogP contribution in [0.4, 0.5) is 0 Å². The van der Waals surface area contributed by atoms with E-state index in [0.717, 1.165) is 58.1 Å². The fourth-order valence-electron chi connectivity index (χ4n) is 3.69. The number of hydrogen-bond acceptors (Lipinski definition) is 4. The molecule has 2 heterocycles. The van der Waals surface area contributed by atoms with Crippen molar-refractivity contribution in [3.63, 3.8) is 0 Å². The molecule has 2 aliphatic heterocycles. The van der Waals surface area contributed by atoms with Crippen LogP contribution in [0, 0.1) is 0 Å². The summed E-state index contributed by atoms with van der Waals surface area (Å²) in [7, 11) is 0. The predicted octanol–water partition coefficient (Wildman–Crippen LogP) is 3.74. The quantitative estimate of drug-likeness (QED) is 0.780.